The van der Waals surface area contributed by atoms with Gasteiger partial charge in [0.1, 0.15) is 0 Å². The van der Waals surface area contributed by atoms with E-state index in [9.17, 15) is 0 Å². The van der Waals surface area contributed by atoms with Crippen LogP contribution in [-0.4, -0.2) is 8.97 Å². The van der Waals surface area contributed by atoms with Crippen LogP contribution in [-0.2, 0) is 0 Å². The molecule has 0 amide bonds. The summed E-state index contributed by atoms with van der Waals surface area (Å²) >= 11 is 0. The van der Waals surface area contributed by atoms with E-state index < -0.39 is 0 Å². The number of para-hydroxylation sites is 5. The van der Waals surface area contributed by atoms with Crippen LogP contribution in [0.1, 0.15) is 0 Å². The fourth-order valence-corrected chi connectivity index (χ4v) is 6.97. The van der Waals surface area contributed by atoms with Crippen LogP contribution < -0.4 is 0 Å². The van der Waals surface area contributed by atoms with Crippen LogP contribution in [0, 0.1) is 0 Å². The zero-order valence-corrected chi connectivity index (χ0v) is 24.1. The van der Waals surface area contributed by atoms with E-state index in [0.29, 0.717) is 0 Å². The van der Waals surface area contributed by atoms with Crippen molar-refractivity contribution in [2.24, 2.45) is 0 Å². The number of nitrogens with zero attached hydrogens (tertiary/aromatic N) is 2. The van der Waals surface area contributed by atoms with Gasteiger partial charge in [-0.25, -0.2) is 0 Å². The highest BCUT2D eigenvalue weighted by molar-refractivity contribution is 6.20. The third kappa shape index (κ3) is 3.75. The van der Waals surface area contributed by atoms with Crippen molar-refractivity contribution in [3.63, 3.8) is 0 Å². The van der Waals surface area contributed by atoms with E-state index >= 15 is 0 Å². The highest BCUT2D eigenvalue weighted by atomic mass is 15.0. The first-order valence-corrected chi connectivity index (χ1v) is 15.1. The van der Waals surface area contributed by atoms with Gasteiger partial charge in [0.2, 0.25) is 0 Å². The molecule has 0 atom stereocenters. The molecule has 9 rings (SSSR count). The van der Waals surface area contributed by atoms with Crippen LogP contribution in [0.15, 0.2) is 170 Å². The average molecular weight is 561 g/mol. The van der Waals surface area contributed by atoms with Crippen molar-refractivity contribution in [3.8, 4) is 27.9 Å². The topological polar surface area (TPSA) is 9.34 Å². The summed E-state index contributed by atoms with van der Waals surface area (Å²) in [5.74, 6) is 0. The molecule has 0 aliphatic carbocycles. The lowest BCUT2D eigenvalue weighted by Crippen LogP contribution is -2.02. The molecule has 0 unspecified atom stereocenters. The fraction of sp³-hybridized carbons (Fsp3) is 0. The number of benzene rings is 7. The van der Waals surface area contributed by atoms with E-state index in [2.05, 4.69) is 179 Å². The van der Waals surface area contributed by atoms with Crippen LogP contribution in [0.5, 0.6) is 0 Å². The smallest absolute Gasteiger partial charge is 0.0703 e. The standard InChI is InChI=1S/C42H28N2/c1-3-14-29(15-4-1)31-26-32(30-16-5-2-6-17-30)28-33(27-31)43-38-22-9-7-18-34(38)36-20-13-21-37-35-19-8-10-23-39(35)44(42(36)37)41-25-12-11-24-40(41)43/h1-28H. The number of hydrogen-bond donors (Lipinski definition) is 0. The maximum Gasteiger partial charge on any atom is 0.0703 e. The minimum atomic E-state index is 1.12. The molecule has 44 heavy (non-hydrogen) atoms. The van der Waals surface area contributed by atoms with Crippen LogP contribution in [0.2, 0.25) is 0 Å². The molecule has 7 aromatic carbocycles. The summed E-state index contributed by atoms with van der Waals surface area (Å²) in [5, 5.41) is 4.98. The van der Waals surface area contributed by atoms with Gasteiger partial charge in [0.25, 0.3) is 0 Å². The monoisotopic (exact) mass is 560 g/mol. The minimum Gasteiger partial charge on any atom is -0.308 e. The molecule has 2 nitrogen and oxygen atoms in total. The first-order chi connectivity index (χ1) is 21.8. The van der Waals surface area contributed by atoms with Crippen LogP contribution in [0.25, 0.3) is 77.1 Å². The number of hydrogen-bond acceptors (Lipinski definition) is 0. The van der Waals surface area contributed by atoms with Crippen molar-refractivity contribution < 1.29 is 0 Å². The Morgan fingerprint density at radius 3 is 1.36 bits per heavy atom. The molecule has 0 saturated heterocycles. The number of rotatable bonds is 3. The molecular weight excluding hydrogens is 532 g/mol. The van der Waals surface area contributed by atoms with E-state index in [4.69, 9.17) is 0 Å². The van der Waals surface area contributed by atoms with Gasteiger partial charge in [-0.3, -0.25) is 0 Å². The molecule has 0 fully saturated rings. The molecule has 0 aliphatic rings. The molecule has 0 aliphatic heterocycles. The van der Waals surface area contributed by atoms with Crippen LogP contribution in [0.4, 0.5) is 0 Å². The third-order valence-electron chi connectivity index (χ3n) is 8.88. The Labute approximate surface area is 255 Å². The fourth-order valence-electron chi connectivity index (χ4n) is 6.97. The molecule has 2 heteroatoms. The van der Waals surface area contributed by atoms with Gasteiger partial charge >= 0.3 is 0 Å². The van der Waals surface area contributed by atoms with Gasteiger partial charge in [-0.05, 0) is 64.7 Å². The van der Waals surface area contributed by atoms with Crippen molar-refractivity contribution in [2.45, 2.75) is 0 Å². The maximum atomic E-state index is 2.47. The summed E-state index contributed by atoms with van der Waals surface area (Å²) in [7, 11) is 0. The minimum absolute atomic E-state index is 1.12. The van der Waals surface area contributed by atoms with Gasteiger partial charge in [0, 0.05) is 27.2 Å². The molecule has 2 heterocycles. The zero-order chi connectivity index (χ0) is 29.0. The first kappa shape index (κ1) is 24.7. The SMILES string of the molecule is c1ccc(-c2cc(-c3ccccc3)cc(-n3c4ccccc4c4cccc5c6ccccc6n(c6ccccc63)c45)c2)cc1. The Morgan fingerprint density at radius 1 is 0.295 bits per heavy atom. The molecule has 9 aromatic rings. The van der Waals surface area contributed by atoms with Gasteiger partial charge in [0.05, 0.1) is 27.6 Å². The van der Waals surface area contributed by atoms with Crippen molar-refractivity contribution in [1.82, 2.24) is 8.97 Å². The number of aromatic nitrogens is 2. The van der Waals surface area contributed by atoms with E-state index in [-0.39, 0.29) is 0 Å². The second-order valence-corrected chi connectivity index (χ2v) is 11.4. The van der Waals surface area contributed by atoms with Gasteiger partial charge in [-0.2, -0.15) is 0 Å². The van der Waals surface area contributed by atoms with E-state index in [0.717, 1.165) is 22.2 Å². The highest BCUT2D eigenvalue weighted by Crippen LogP contribution is 2.38. The quantitative estimate of drug-likeness (QED) is 0.203. The molecular formula is C42H28N2. The van der Waals surface area contributed by atoms with E-state index in [1.165, 1.54) is 54.8 Å². The Morgan fingerprint density at radius 2 is 0.750 bits per heavy atom. The van der Waals surface area contributed by atoms with Crippen molar-refractivity contribution in [1.29, 1.82) is 0 Å². The Balaban J connectivity index is 1.53. The summed E-state index contributed by atoms with van der Waals surface area (Å²) in [5.41, 5.74) is 11.8. The summed E-state index contributed by atoms with van der Waals surface area (Å²) < 4.78 is 4.93. The van der Waals surface area contributed by atoms with Crippen LogP contribution in [0.3, 0.4) is 0 Å². The molecule has 0 bridgehead atoms. The summed E-state index contributed by atoms with van der Waals surface area (Å²) in [4.78, 5) is 0. The lowest BCUT2D eigenvalue weighted by molar-refractivity contribution is 1.16. The predicted octanol–water partition coefficient (Wildman–Crippen LogP) is 11.2. The first-order valence-electron chi connectivity index (χ1n) is 15.1. The summed E-state index contributed by atoms with van der Waals surface area (Å²) in [6.45, 7) is 0. The molecule has 206 valence electrons. The molecule has 0 N–H and O–H groups in total. The zero-order valence-electron chi connectivity index (χ0n) is 24.1. The molecule has 0 spiro atoms. The highest BCUT2D eigenvalue weighted by Gasteiger charge is 2.17. The van der Waals surface area contributed by atoms with Crippen molar-refractivity contribution >= 4 is 49.1 Å². The Kier molecular flexibility index (Phi) is 5.54. The lowest BCUT2D eigenvalue weighted by Gasteiger charge is -2.19. The normalized spacial score (nSPS) is 11.6. The van der Waals surface area contributed by atoms with E-state index in [1.54, 1.807) is 0 Å². The van der Waals surface area contributed by atoms with Gasteiger partial charge < -0.3 is 8.97 Å². The molecule has 0 saturated carbocycles. The van der Waals surface area contributed by atoms with E-state index in [1.807, 2.05) is 0 Å². The Bertz CT molecular complexity index is 2480. The second kappa shape index (κ2) is 9.86. The van der Waals surface area contributed by atoms with Crippen molar-refractivity contribution in [3.05, 3.63) is 170 Å². The van der Waals surface area contributed by atoms with Crippen LogP contribution >= 0.6 is 0 Å². The summed E-state index contributed by atoms with van der Waals surface area (Å²) in [6, 6.07) is 61.6. The summed E-state index contributed by atoms with van der Waals surface area (Å²) in [6.07, 6.45) is 0. The molecule has 0 radical (unpaired) electrons. The van der Waals surface area contributed by atoms with Gasteiger partial charge in [-0.15, -0.1) is 0 Å². The van der Waals surface area contributed by atoms with Crippen molar-refractivity contribution in [2.75, 3.05) is 0 Å². The maximum absolute atomic E-state index is 2.47. The third-order valence-corrected chi connectivity index (χ3v) is 8.88. The average Bonchev–Trinajstić information content (AvgIpc) is 3.43. The molecule has 2 aromatic heterocycles. The lowest BCUT2D eigenvalue weighted by atomic mass is 9.97. The second-order valence-electron chi connectivity index (χ2n) is 11.4. The largest absolute Gasteiger partial charge is 0.308 e. The van der Waals surface area contributed by atoms with Gasteiger partial charge in [-0.1, -0.05) is 127 Å². The Hall–Kier alpha value is -5.86. The predicted molar refractivity (Wildman–Crippen MR) is 186 cm³/mol. The number of fused-ring (bicyclic) bond motifs is 7. The van der Waals surface area contributed by atoms with Gasteiger partial charge in [0.15, 0.2) is 0 Å².